The molecule has 0 aromatic carbocycles. The fraction of sp³-hybridized carbons (Fsp3) is 1.00. The lowest BCUT2D eigenvalue weighted by Crippen LogP contribution is -2.38. The third-order valence-electron chi connectivity index (χ3n) is 1.94. The minimum absolute atomic E-state index is 0.314. The standard InChI is InChI=1S/C9H22N2O/c1-8(2)5-4-6-9(11-10)7-12-3/h8-9,11H,4-7,10H2,1-3H3. The largest absolute Gasteiger partial charge is 0.383 e. The van der Waals surface area contributed by atoms with Crippen molar-refractivity contribution < 1.29 is 4.74 Å². The third kappa shape index (κ3) is 6.58. The zero-order valence-electron chi connectivity index (χ0n) is 8.47. The molecule has 0 saturated carbocycles. The smallest absolute Gasteiger partial charge is 0.0629 e. The van der Waals surface area contributed by atoms with Gasteiger partial charge in [0.05, 0.1) is 6.61 Å². The molecule has 3 heteroatoms. The molecule has 0 heterocycles. The Morgan fingerprint density at radius 2 is 2.00 bits per heavy atom. The van der Waals surface area contributed by atoms with Crippen LogP contribution in [0.4, 0.5) is 0 Å². The van der Waals surface area contributed by atoms with E-state index < -0.39 is 0 Å². The Balaban J connectivity index is 3.31. The van der Waals surface area contributed by atoms with E-state index in [4.69, 9.17) is 10.6 Å². The summed E-state index contributed by atoms with van der Waals surface area (Å²) in [4.78, 5) is 0. The molecule has 1 atom stereocenters. The normalized spacial score (nSPS) is 13.8. The number of hydrazine groups is 1. The van der Waals surface area contributed by atoms with Gasteiger partial charge in [0.25, 0.3) is 0 Å². The van der Waals surface area contributed by atoms with Crippen LogP contribution in [0, 0.1) is 5.92 Å². The first-order valence-electron chi connectivity index (χ1n) is 4.65. The summed E-state index contributed by atoms with van der Waals surface area (Å²) in [6.45, 7) is 5.18. The lowest BCUT2D eigenvalue weighted by atomic mass is 10.0. The van der Waals surface area contributed by atoms with Crippen LogP contribution in [0.2, 0.25) is 0 Å². The van der Waals surface area contributed by atoms with E-state index in [1.54, 1.807) is 7.11 Å². The second kappa shape index (κ2) is 7.53. The summed E-state index contributed by atoms with van der Waals surface area (Å²) in [5.41, 5.74) is 2.75. The Kier molecular flexibility index (Phi) is 7.45. The Morgan fingerprint density at radius 1 is 1.33 bits per heavy atom. The number of hydrogen-bond acceptors (Lipinski definition) is 3. The van der Waals surface area contributed by atoms with E-state index in [1.807, 2.05) is 0 Å². The molecule has 0 spiro atoms. The van der Waals surface area contributed by atoms with Crippen LogP contribution in [-0.4, -0.2) is 19.8 Å². The van der Waals surface area contributed by atoms with Gasteiger partial charge in [-0.3, -0.25) is 11.3 Å². The molecule has 0 aliphatic rings. The molecule has 0 aliphatic carbocycles. The summed E-state index contributed by atoms with van der Waals surface area (Å²) in [6.07, 6.45) is 3.58. The average Bonchev–Trinajstić information content (AvgIpc) is 2.02. The van der Waals surface area contributed by atoms with Crippen molar-refractivity contribution in [3.63, 3.8) is 0 Å². The predicted molar refractivity (Wildman–Crippen MR) is 51.7 cm³/mol. The van der Waals surface area contributed by atoms with Crippen molar-refractivity contribution in [1.82, 2.24) is 5.43 Å². The van der Waals surface area contributed by atoms with E-state index in [1.165, 1.54) is 12.8 Å². The van der Waals surface area contributed by atoms with Crippen LogP contribution in [0.3, 0.4) is 0 Å². The van der Waals surface area contributed by atoms with Gasteiger partial charge in [0, 0.05) is 13.2 Å². The lowest BCUT2D eigenvalue weighted by molar-refractivity contribution is 0.161. The van der Waals surface area contributed by atoms with Crippen molar-refractivity contribution in [2.75, 3.05) is 13.7 Å². The lowest BCUT2D eigenvalue weighted by Gasteiger charge is -2.14. The second-order valence-corrected chi connectivity index (χ2v) is 3.64. The molecule has 3 nitrogen and oxygen atoms in total. The minimum Gasteiger partial charge on any atom is -0.383 e. The topological polar surface area (TPSA) is 47.3 Å². The van der Waals surface area contributed by atoms with E-state index in [2.05, 4.69) is 19.3 Å². The van der Waals surface area contributed by atoms with Crippen molar-refractivity contribution in [2.24, 2.45) is 11.8 Å². The highest BCUT2D eigenvalue weighted by atomic mass is 16.5. The van der Waals surface area contributed by atoms with Gasteiger partial charge in [-0.25, -0.2) is 0 Å². The summed E-state index contributed by atoms with van der Waals surface area (Å²) >= 11 is 0. The molecular weight excluding hydrogens is 152 g/mol. The summed E-state index contributed by atoms with van der Waals surface area (Å²) < 4.78 is 5.01. The Bertz CT molecular complexity index is 96.5. The van der Waals surface area contributed by atoms with E-state index in [0.29, 0.717) is 12.6 Å². The molecule has 0 saturated heterocycles. The summed E-state index contributed by atoms with van der Waals surface area (Å²) in [5.74, 6) is 6.13. The molecule has 74 valence electrons. The van der Waals surface area contributed by atoms with Gasteiger partial charge >= 0.3 is 0 Å². The molecule has 0 radical (unpaired) electrons. The van der Waals surface area contributed by atoms with Gasteiger partial charge in [-0.1, -0.05) is 26.7 Å². The molecule has 0 aromatic heterocycles. The molecule has 0 aromatic rings. The van der Waals surface area contributed by atoms with Crippen molar-refractivity contribution in [3.8, 4) is 0 Å². The zero-order chi connectivity index (χ0) is 9.40. The van der Waals surface area contributed by atoms with Crippen LogP contribution in [0.5, 0.6) is 0 Å². The zero-order valence-corrected chi connectivity index (χ0v) is 8.47. The maximum absolute atomic E-state index is 5.35. The van der Waals surface area contributed by atoms with E-state index >= 15 is 0 Å². The summed E-state index contributed by atoms with van der Waals surface area (Å²) in [7, 11) is 1.70. The van der Waals surface area contributed by atoms with Crippen LogP contribution >= 0.6 is 0 Å². The van der Waals surface area contributed by atoms with Crippen LogP contribution < -0.4 is 11.3 Å². The predicted octanol–water partition coefficient (Wildman–Crippen LogP) is 1.29. The van der Waals surface area contributed by atoms with Gasteiger partial charge in [-0.2, -0.15) is 0 Å². The van der Waals surface area contributed by atoms with Crippen molar-refractivity contribution in [3.05, 3.63) is 0 Å². The van der Waals surface area contributed by atoms with Gasteiger partial charge in [0.2, 0.25) is 0 Å². The maximum atomic E-state index is 5.35. The van der Waals surface area contributed by atoms with Gasteiger partial charge in [-0.05, 0) is 12.3 Å². The van der Waals surface area contributed by atoms with Gasteiger partial charge in [-0.15, -0.1) is 0 Å². The highest BCUT2D eigenvalue weighted by Crippen LogP contribution is 2.08. The van der Waals surface area contributed by atoms with Crippen LogP contribution in [-0.2, 0) is 4.74 Å². The number of ether oxygens (including phenoxy) is 1. The van der Waals surface area contributed by atoms with Crippen LogP contribution in [0.15, 0.2) is 0 Å². The Labute approximate surface area is 75.6 Å². The monoisotopic (exact) mass is 174 g/mol. The number of nitrogens with one attached hydrogen (secondary N) is 1. The number of nitrogens with two attached hydrogens (primary N) is 1. The molecule has 0 amide bonds. The molecule has 1 unspecified atom stereocenters. The molecule has 0 fully saturated rings. The molecular formula is C9H22N2O. The van der Waals surface area contributed by atoms with Crippen molar-refractivity contribution in [2.45, 2.75) is 39.2 Å². The minimum atomic E-state index is 0.314. The van der Waals surface area contributed by atoms with Gasteiger partial charge in [0.1, 0.15) is 0 Å². The second-order valence-electron chi connectivity index (χ2n) is 3.64. The SMILES string of the molecule is COCC(CCCC(C)C)NN. The van der Waals surface area contributed by atoms with Crippen molar-refractivity contribution >= 4 is 0 Å². The number of rotatable bonds is 7. The van der Waals surface area contributed by atoms with Gasteiger partial charge < -0.3 is 4.74 Å². The molecule has 12 heavy (non-hydrogen) atoms. The molecule has 3 N–H and O–H groups in total. The highest BCUT2D eigenvalue weighted by molar-refractivity contribution is 4.62. The summed E-state index contributed by atoms with van der Waals surface area (Å²) in [6, 6.07) is 0.314. The quantitative estimate of drug-likeness (QED) is 0.451. The average molecular weight is 174 g/mol. The first-order valence-corrected chi connectivity index (χ1v) is 4.65. The Morgan fingerprint density at radius 3 is 2.42 bits per heavy atom. The third-order valence-corrected chi connectivity index (χ3v) is 1.94. The summed E-state index contributed by atoms with van der Waals surface area (Å²) in [5, 5.41) is 0. The van der Waals surface area contributed by atoms with Crippen LogP contribution in [0.1, 0.15) is 33.1 Å². The maximum Gasteiger partial charge on any atom is 0.0629 e. The Hall–Kier alpha value is -0.120. The van der Waals surface area contributed by atoms with E-state index in [-0.39, 0.29) is 0 Å². The molecule has 0 bridgehead atoms. The fourth-order valence-corrected chi connectivity index (χ4v) is 1.19. The molecule has 0 aliphatic heterocycles. The van der Waals surface area contributed by atoms with E-state index in [9.17, 15) is 0 Å². The first kappa shape index (κ1) is 11.9. The van der Waals surface area contributed by atoms with Gasteiger partial charge in [0.15, 0.2) is 0 Å². The number of methoxy groups -OCH3 is 1. The first-order chi connectivity index (χ1) is 5.70. The van der Waals surface area contributed by atoms with Crippen molar-refractivity contribution in [1.29, 1.82) is 0 Å². The van der Waals surface area contributed by atoms with E-state index in [0.717, 1.165) is 12.3 Å². The van der Waals surface area contributed by atoms with Crippen LogP contribution in [0.25, 0.3) is 0 Å². The molecule has 0 rings (SSSR count). The fourth-order valence-electron chi connectivity index (χ4n) is 1.19. The highest BCUT2D eigenvalue weighted by Gasteiger charge is 2.05. The number of hydrogen-bond donors (Lipinski definition) is 2.